The number of anilines is 1. The Bertz CT molecular complexity index is 1530. The van der Waals surface area contributed by atoms with Crippen molar-refractivity contribution < 1.29 is 17.9 Å². The van der Waals surface area contributed by atoms with Crippen molar-refractivity contribution in [2.45, 2.75) is 19.4 Å². The lowest BCUT2D eigenvalue weighted by molar-refractivity contribution is 0.355. The third-order valence-electron chi connectivity index (χ3n) is 6.25. The fraction of sp³-hybridized carbons (Fsp3) is 0.148. The summed E-state index contributed by atoms with van der Waals surface area (Å²) < 4.78 is 41.4. The summed E-state index contributed by atoms with van der Waals surface area (Å²) in [5.74, 6) is -0.531. The van der Waals surface area contributed by atoms with Crippen LogP contribution in [0.3, 0.4) is 0 Å². The fourth-order valence-electron chi connectivity index (χ4n) is 4.56. The van der Waals surface area contributed by atoms with Gasteiger partial charge in [-0.3, -0.25) is 4.31 Å². The summed E-state index contributed by atoms with van der Waals surface area (Å²) in [5.41, 5.74) is 9.71. The van der Waals surface area contributed by atoms with Crippen molar-refractivity contribution in [3.8, 4) is 11.8 Å². The number of para-hydroxylation sites is 2. The molecule has 0 aliphatic carbocycles. The lowest BCUT2D eigenvalue weighted by Crippen LogP contribution is -2.39. The zero-order valence-electron chi connectivity index (χ0n) is 19.2. The Morgan fingerprint density at radius 3 is 2.46 bits per heavy atom. The van der Waals surface area contributed by atoms with Crippen LogP contribution in [0.15, 0.2) is 89.2 Å². The van der Waals surface area contributed by atoms with Gasteiger partial charge in [-0.05, 0) is 30.7 Å². The second-order valence-corrected chi connectivity index (χ2v) is 10.2. The number of aryl methyl sites for hydroxylation is 1. The summed E-state index contributed by atoms with van der Waals surface area (Å²) in [4.78, 5) is -0.0291. The minimum Gasteiger partial charge on any atom is -0.496 e. The number of hydrogen-bond acceptors (Lipinski definition) is 6. The molecular formula is C27H23N3O4S. The van der Waals surface area contributed by atoms with E-state index in [1.807, 2.05) is 37.3 Å². The highest BCUT2D eigenvalue weighted by Gasteiger charge is 2.47. The standard InChI is InChI=1S/C27H23N3O4S/c1-17-11-13-18(14-12-17)16-30-22-9-5-3-7-19(22)25-26(35(30,31)32)24(21(15-28)27(29)34-25)20-8-4-6-10-23(20)33-2/h3-14,24H,16,29H2,1-2H3/t24-/m1/s1. The molecule has 2 aliphatic rings. The summed E-state index contributed by atoms with van der Waals surface area (Å²) in [7, 11) is -2.64. The minimum atomic E-state index is -4.14. The van der Waals surface area contributed by atoms with Gasteiger partial charge in [0, 0.05) is 11.1 Å². The molecule has 5 rings (SSSR count). The smallest absolute Gasteiger partial charge is 0.265 e. The Labute approximate surface area is 204 Å². The maximum absolute atomic E-state index is 14.3. The predicted molar refractivity (Wildman–Crippen MR) is 133 cm³/mol. The van der Waals surface area contributed by atoms with E-state index in [0.717, 1.165) is 11.1 Å². The fourth-order valence-corrected chi connectivity index (χ4v) is 6.46. The first kappa shape index (κ1) is 22.6. The van der Waals surface area contributed by atoms with E-state index in [2.05, 4.69) is 6.07 Å². The Morgan fingerprint density at radius 1 is 1.06 bits per heavy atom. The van der Waals surface area contributed by atoms with Crippen LogP contribution in [0.5, 0.6) is 5.75 Å². The molecule has 2 aliphatic heterocycles. The number of nitrogens with two attached hydrogens (primary N) is 1. The highest BCUT2D eigenvalue weighted by Crippen LogP contribution is 2.52. The van der Waals surface area contributed by atoms with Gasteiger partial charge in [-0.1, -0.05) is 60.2 Å². The van der Waals surface area contributed by atoms with Crippen LogP contribution in [0.4, 0.5) is 5.69 Å². The number of allylic oxidation sites excluding steroid dienone is 2. The van der Waals surface area contributed by atoms with Crippen LogP contribution < -0.4 is 14.8 Å². The number of nitriles is 1. The van der Waals surface area contributed by atoms with E-state index in [1.54, 1.807) is 42.5 Å². The molecule has 7 nitrogen and oxygen atoms in total. The molecule has 0 amide bonds. The van der Waals surface area contributed by atoms with Crippen LogP contribution in [-0.2, 0) is 21.3 Å². The minimum absolute atomic E-state index is 0.0199. The maximum atomic E-state index is 14.3. The van der Waals surface area contributed by atoms with E-state index in [1.165, 1.54) is 11.4 Å². The highest BCUT2D eigenvalue weighted by atomic mass is 32.2. The molecule has 0 radical (unpaired) electrons. The normalized spacial score (nSPS) is 18.3. The Hall–Kier alpha value is -4.22. The number of sulfonamides is 1. The van der Waals surface area contributed by atoms with Crippen molar-refractivity contribution in [2.24, 2.45) is 5.73 Å². The van der Waals surface area contributed by atoms with Crippen LogP contribution in [0.1, 0.15) is 28.2 Å². The van der Waals surface area contributed by atoms with Crippen molar-refractivity contribution >= 4 is 21.5 Å². The summed E-state index contributed by atoms with van der Waals surface area (Å²) in [6.07, 6.45) is 0. The molecule has 0 fully saturated rings. The average molecular weight is 486 g/mol. The van der Waals surface area contributed by atoms with Gasteiger partial charge in [0.2, 0.25) is 5.88 Å². The van der Waals surface area contributed by atoms with Gasteiger partial charge in [-0.15, -0.1) is 0 Å². The zero-order valence-corrected chi connectivity index (χ0v) is 20.0. The largest absolute Gasteiger partial charge is 0.496 e. The van der Waals surface area contributed by atoms with Gasteiger partial charge >= 0.3 is 0 Å². The Morgan fingerprint density at radius 2 is 1.74 bits per heavy atom. The van der Waals surface area contributed by atoms with Crippen LogP contribution >= 0.6 is 0 Å². The number of ether oxygens (including phenoxy) is 2. The van der Waals surface area contributed by atoms with E-state index in [0.29, 0.717) is 22.6 Å². The molecular weight excluding hydrogens is 462 g/mol. The first-order valence-electron chi connectivity index (χ1n) is 11.0. The van der Waals surface area contributed by atoms with E-state index in [4.69, 9.17) is 15.2 Å². The molecule has 3 aromatic rings. The molecule has 0 saturated carbocycles. The first-order chi connectivity index (χ1) is 16.9. The lowest BCUT2D eigenvalue weighted by Gasteiger charge is -2.38. The molecule has 0 aromatic heterocycles. The van der Waals surface area contributed by atoms with Crippen LogP contribution in [0.2, 0.25) is 0 Å². The van der Waals surface area contributed by atoms with E-state index in [9.17, 15) is 13.7 Å². The molecule has 0 unspecified atom stereocenters. The number of benzene rings is 3. The molecule has 0 bridgehead atoms. The third kappa shape index (κ3) is 3.61. The van der Waals surface area contributed by atoms with Crippen molar-refractivity contribution in [1.82, 2.24) is 0 Å². The highest BCUT2D eigenvalue weighted by molar-refractivity contribution is 7.96. The van der Waals surface area contributed by atoms with Gasteiger partial charge in [-0.25, -0.2) is 8.42 Å². The number of methoxy groups -OCH3 is 1. The SMILES string of the molecule is COc1ccccc1[C@@H]1C(C#N)=C(N)OC2=C1S(=O)(=O)N(Cc1ccc(C)cc1)c1ccccc12. The molecule has 8 heteroatoms. The van der Waals surface area contributed by atoms with Crippen molar-refractivity contribution in [1.29, 1.82) is 5.26 Å². The third-order valence-corrected chi connectivity index (χ3v) is 8.14. The molecule has 0 spiro atoms. The molecule has 35 heavy (non-hydrogen) atoms. The molecule has 1 atom stereocenters. The quantitative estimate of drug-likeness (QED) is 0.582. The van der Waals surface area contributed by atoms with Crippen molar-refractivity contribution in [3.05, 3.63) is 111 Å². The van der Waals surface area contributed by atoms with Gasteiger partial charge in [0.05, 0.1) is 25.3 Å². The Balaban J connectivity index is 1.77. The second kappa shape index (κ2) is 8.53. The Kier molecular flexibility index (Phi) is 5.50. The second-order valence-electron chi connectivity index (χ2n) is 8.37. The molecule has 0 saturated heterocycles. The monoisotopic (exact) mass is 485 g/mol. The predicted octanol–water partition coefficient (Wildman–Crippen LogP) is 4.53. The van der Waals surface area contributed by atoms with Crippen molar-refractivity contribution in [3.63, 3.8) is 0 Å². The van der Waals surface area contributed by atoms with Crippen LogP contribution in [0, 0.1) is 18.3 Å². The van der Waals surface area contributed by atoms with Gasteiger partial charge in [0.25, 0.3) is 10.0 Å². The topological polar surface area (TPSA) is 106 Å². The average Bonchev–Trinajstić information content (AvgIpc) is 2.87. The summed E-state index contributed by atoms with van der Waals surface area (Å²) >= 11 is 0. The summed E-state index contributed by atoms with van der Waals surface area (Å²) in [5, 5.41) is 10.00. The van der Waals surface area contributed by atoms with Crippen LogP contribution in [-0.4, -0.2) is 15.5 Å². The number of nitrogens with zero attached hydrogens (tertiary/aromatic N) is 2. The molecule has 176 valence electrons. The lowest BCUT2D eigenvalue weighted by atomic mass is 9.87. The number of hydrogen-bond donors (Lipinski definition) is 1. The summed E-state index contributed by atoms with van der Waals surface area (Å²) in [6, 6.07) is 23.9. The molecule has 2 N–H and O–H groups in total. The molecule has 3 aromatic carbocycles. The number of rotatable bonds is 4. The van der Waals surface area contributed by atoms with E-state index in [-0.39, 0.29) is 28.7 Å². The van der Waals surface area contributed by atoms with Gasteiger partial charge < -0.3 is 15.2 Å². The maximum Gasteiger partial charge on any atom is 0.265 e. The summed E-state index contributed by atoms with van der Waals surface area (Å²) in [6.45, 7) is 2.10. The van der Waals surface area contributed by atoms with Gasteiger partial charge in [0.1, 0.15) is 22.3 Å². The van der Waals surface area contributed by atoms with Gasteiger partial charge in [0.15, 0.2) is 5.76 Å². The van der Waals surface area contributed by atoms with Crippen LogP contribution in [0.25, 0.3) is 5.76 Å². The number of fused-ring (bicyclic) bond motifs is 2. The molecule has 2 heterocycles. The zero-order chi connectivity index (χ0) is 24.7. The van der Waals surface area contributed by atoms with E-state index >= 15 is 0 Å². The van der Waals surface area contributed by atoms with E-state index < -0.39 is 15.9 Å². The first-order valence-corrected chi connectivity index (χ1v) is 12.4. The van der Waals surface area contributed by atoms with Crippen molar-refractivity contribution in [2.75, 3.05) is 11.4 Å². The van der Waals surface area contributed by atoms with Gasteiger partial charge in [-0.2, -0.15) is 5.26 Å².